The molecule has 1 N–H and O–H groups in total. The summed E-state index contributed by atoms with van der Waals surface area (Å²) in [5.41, 5.74) is 0. The van der Waals surface area contributed by atoms with E-state index < -0.39 is 11.9 Å². The Kier molecular flexibility index (Phi) is 4.40. The first kappa shape index (κ1) is 15.3. The number of piperidine rings is 1. The summed E-state index contributed by atoms with van der Waals surface area (Å²) >= 11 is 0. The highest BCUT2D eigenvalue weighted by molar-refractivity contribution is 5.82. The molecule has 2 aliphatic rings. The molecule has 1 saturated carbocycles. The zero-order valence-corrected chi connectivity index (χ0v) is 13.0. The van der Waals surface area contributed by atoms with Gasteiger partial charge in [-0.25, -0.2) is 0 Å². The van der Waals surface area contributed by atoms with Crippen LogP contribution in [0.5, 0.6) is 0 Å². The van der Waals surface area contributed by atoms with Gasteiger partial charge in [0.25, 0.3) is 0 Å². The molecule has 1 aliphatic heterocycles. The van der Waals surface area contributed by atoms with Crippen molar-refractivity contribution in [2.45, 2.75) is 65.5 Å². The molecule has 0 aromatic rings. The Morgan fingerprint density at radius 3 is 2.45 bits per heavy atom. The lowest BCUT2D eigenvalue weighted by molar-refractivity contribution is -0.157. The van der Waals surface area contributed by atoms with Crippen LogP contribution in [0.2, 0.25) is 0 Å². The zero-order valence-electron chi connectivity index (χ0n) is 13.0. The molecule has 2 fully saturated rings. The highest BCUT2D eigenvalue weighted by Crippen LogP contribution is 2.41. The fraction of sp³-hybridized carbons (Fsp3) is 0.875. The predicted molar refractivity (Wildman–Crippen MR) is 77.2 cm³/mol. The molecule has 2 rings (SSSR count). The molecular weight excluding hydrogens is 254 g/mol. The van der Waals surface area contributed by atoms with E-state index in [4.69, 9.17) is 0 Å². The van der Waals surface area contributed by atoms with E-state index in [0.717, 1.165) is 19.3 Å². The topological polar surface area (TPSA) is 57.6 Å². The van der Waals surface area contributed by atoms with E-state index in [9.17, 15) is 14.7 Å². The first-order chi connectivity index (χ1) is 9.38. The van der Waals surface area contributed by atoms with Gasteiger partial charge in [-0.3, -0.25) is 9.59 Å². The van der Waals surface area contributed by atoms with Gasteiger partial charge in [0.15, 0.2) is 0 Å². The van der Waals surface area contributed by atoms with Gasteiger partial charge in [0.1, 0.15) is 0 Å². The van der Waals surface area contributed by atoms with Crippen LogP contribution >= 0.6 is 0 Å². The number of hydrogen-bond donors (Lipinski definition) is 1. The Morgan fingerprint density at radius 1 is 1.30 bits per heavy atom. The van der Waals surface area contributed by atoms with Gasteiger partial charge in [0.2, 0.25) is 5.91 Å². The highest BCUT2D eigenvalue weighted by Gasteiger charge is 2.47. The lowest BCUT2D eigenvalue weighted by atomic mass is 9.79. The van der Waals surface area contributed by atoms with Crippen molar-refractivity contribution in [2.75, 3.05) is 0 Å². The number of carboxylic acid groups (broad SMARTS) is 1. The van der Waals surface area contributed by atoms with Crippen molar-refractivity contribution in [1.29, 1.82) is 0 Å². The van der Waals surface area contributed by atoms with Gasteiger partial charge in [-0.15, -0.1) is 0 Å². The summed E-state index contributed by atoms with van der Waals surface area (Å²) in [5, 5.41) is 9.45. The van der Waals surface area contributed by atoms with Gasteiger partial charge < -0.3 is 10.0 Å². The van der Waals surface area contributed by atoms with Crippen molar-refractivity contribution < 1.29 is 14.7 Å². The van der Waals surface area contributed by atoms with Crippen LogP contribution in [-0.2, 0) is 9.59 Å². The van der Waals surface area contributed by atoms with E-state index in [-0.39, 0.29) is 23.9 Å². The maximum atomic E-state index is 12.4. The van der Waals surface area contributed by atoms with Crippen LogP contribution in [0.3, 0.4) is 0 Å². The van der Waals surface area contributed by atoms with Crippen LogP contribution in [0.15, 0.2) is 0 Å². The molecule has 0 aromatic heterocycles. The van der Waals surface area contributed by atoms with Crippen molar-refractivity contribution in [3.63, 3.8) is 0 Å². The predicted octanol–water partition coefficient (Wildman–Crippen LogP) is 2.77. The smallest absolute Gasteiger partial charge is 0.308 e. The summed E-state index contributed by atoms with van der Waals surface area (Å²) in [6.45, 7) is 8.22. The molecule has 4 nitrogen and oxygen atoms in total. The molecule has 0 radical (unpaired) electrons. The summed E-state index contributed by atoms with van der Waals surface area (Å²) in [7, 11) is 0. The fourth-order valence-corrected chi connectivity index (χ4v) is 4.51. The van der Waals surface area contributed by atoms with E-state index in [2.05, 4.69) is 13.8 Å². The number of amides is 1. The molecular formula is C16H27NO3. The molecule has 6 atom stereocenters. The molecule has 1 amide bonds. The fourth-order valence-electron chi connectivity index (χ4n) is 4.51. The van der Waals surface area contributed by atoms with Crippen LogP contribution in [0.1, 0.15) is 53.4 Å². The molecule has 4 heteroatoms. The molecule has 0 spiro atoms. The maximum Gasteiger partial charge on any atom is 0.308 e. The van der Waals surface area contributed by atoms with Gasteiger partial charge in [-0.1, -0.05) is 27.2 Å². The summed E-state index contributed by atoms with van der Waals surface area (Å²) < 4.78 is 0. The maximum absolute atomic E-state index is 12.4. The Bertz CT molecular complexity index is 395. The first-order valence-corrected chi connectivity index (χ1v) is 7.92. The SMILES string of the molecule is CCC1CCC(N2C(=O)CC(C)C(C(=O)O)C2C)C1C. The molecule has 0 bridgehead atoms. The number of carboxylic acids is 1. The van der Waals surface area contributed by atoms with E-state index in [1.807, 2.05) is 18.7 Å². The molecule has 6 unspecified atom stereocenters. The molecule has 114 valence electrons. The van der Waals surface area contributed by atoms with Crippen LogP contribution in [0.25, 0.3) is 0 Å². The van der Waals surface area contributed by atoms with Gasteiger partial charge in [0.05, 0.1) is 5.92 Å². The van der Waals surface area contributed by atoms with E-state index in [1.165, 1.54) is 0 Å². The minimum atomic E-state index is -0.764. The Balaban J connectivity index is 2.22. The van der Waals surface area contributed by atoms with Crippen LogP contribution in [0, 0.1) is 23.7 Å². The zero-order chi connectivity index (χ0) is 15.0. The van der Waals surface area contributed by atoms with Crippen molar-refractivity contribution >= 4 is 11.9 Å². The third-order valence-corrected chi connectivity index (χ3v) is 5.71. The average Bonchev–Trinajstić information content (AvgIpc) is 2.69. The number of likely N-dealkylation sites (tertiary alicyclic amines) is 1. The Morgan fingerprint density at radius 2 is 1.95 bits per heavy atom. The Hall–Kier alpha value is -1.06. The largest absolute Gasteiger partial charge is 0.481 e. The molecule has 1 heterocycles. The summed E-state index contributed by atoms with van der Waals surface area (Å²) in [5.74, 6) is 0.0404. The third-order valence-electron chi connectivity index (χ3n) is 5.71. The summed E-state index contributed by atoms with van der Waals surface area (Å²) in [6, 6.07) is 0.0450. The Labute approximate surface area is 121 Å². The number of nitrogens with zero attached hydrogens (tertiary/aromatic N) is 1. The molecule has 1 aliphatic carbocycles. The van der Waals surface area contributed by atoms with Gasteiger partial charge in [-0.2, -0.15) is 0 Å². The van der Waals surface area contributed by atoms with E-state index in [1.54, 1.807) is 0 Å². The average molecular weight is 281 g/mol. The van der Waals surface area contributed by atoms with Crippen molar-refractivity contribution in [3.8, 4) is 0 Å². The second kappa shape index (κ2) is 5.74. The van der Waals surface area contributed by atoms with Crippen molar-refractivity contribution in [3.05, 3.63) is 0 Å². The van der Waals surface area contributed by atoms with Gasteiger partial charge in [-0.05, 0) is 37.5 Å². The number of carbonyl (C=O) groups excluding carboxylic acids is 1. The van der Waals surface area contributed by atoms with Crippen LogP contribution < -0.4 is 0 Å². The second-order valence-corrected chi connectivity index (χ2v) is 6.76. The summed E-state index contributed by atoms with van der Waals surface area (Å²) in [6.07, 6.45) is 3.71. The van der Waals surface area contributed by atoms with Gasteiger partial charge >= 0.3 is 5.97 Å². The number of hydrogen-bond acceptors (Lipinski definition) is 2. The monoisotopic (exact) mass is 281 g/mol. The number of rotatable bonds is 3. The van der Waals surface area contributed by atoms with E-state index >= 15 is 0 Å². The number of carbonyl (C=O) groups is 2. The van der Waals surface area contributed by atoms with Crippen molar-refractivity contribution in [1.82, 2.24) is 4.90 Å². The lowest BCUT2D eigenvalue weighted by Crippen LogP contribution is -2.57. The minimum Gasteiger partial charge on any atom is -0.481 e. The lowest BCUT2D eigenvalue weighted by Gasteiger charge is -2.45. The minimum absolute atomic E-state index is 0.0649. The number of aliphatic carboxylic acids is 1. The standard InChI is InChI=1S/C16H27NO3/c1-5-12-6-7-13(10(12)3)17-11(4)15(16(19)20)9(2)8-14(17)18/h9-13,15H,5-8H2,1-4H3,(H,19,20). The van der Waals surface area contributed by atoms with Crippen molar-refractivity contribution in [2.24, 2.45) is 23.7 Å². The summed E-state index contributed by atoms with van der Waals surface area (Å²) in [4.78, 5) is 25.9. The van der Waals surface area contributed by atoms with Crippen LogP contribution in [-0.4, -0.2) is 34.0 Å². The van der Waals surface area contributed by atoms with E-state index in [0.29, 0.717) is 18.3 Å². The normalized spacial score (nSPS) is 42.0. The second-order valence-electron chi connectivity index (χ2n) is 6.76. The highest BCUT2D eigenvalue weighted by atomic mass is 16.4. The quantitative estimate of drug-likeness (QED) is 0.865. The molecule has 1 saturated heterocycles. The van der Waals surface area contributed by atoms with Gasteiger partial charge in [0, 0.05) is 18.5 Å². The third kappa shape index (κ3) is 2.45. The van der Waals surface area contributed by atoms with Crippen LogP contribution in [0.4, 0.5) is 0 Å². The molecule has 0 aromatic carbocycles. The first-order valence-electron chi connectivity index (χ1n) is 7.92. The molecule has 20 heavy (non-hydrogen) atoms.